The average Bonchev–Trinajstić information content (AvgIpc) is 3.73. The lowest BCUT2D eigenvalue weighted by Crippen LogP contribution is -2.54. The average molecular weight is 772 g/mol. The number of hydrogen-bond acceptors (Lipinski definition) is 9. The van der Waals surface area contributed by atoms with Crippen molar-refractivity contribution in [3.63, 3.8) is 0 Å². The summed E-state index contributed by atoms with van der Waals surface area (Å²) in [6, 6.07) is 5.77. The maximum Gasteiger partial charge on any atom is 0.319 e. The van der Waals surface area contributed by atoms with Gasteiger partial charge in [0.05, 0.1) is 17.6 Å². The van der Waals surface area contributed by atoms with Gasteiger partial charge in [-0.2, -0.15) is 15.1 Å². The van der Waals surface area contributed by atoms with Gasteiger partial charge in [0.25, 0.3) is 0 Å². The van der Waals surface area contributed by atoms with Gasteiger partial charge < -0.3 is 19.5 Å². The zero-order chi connectivity index (χ0) is 38.9. The minimum atomic E-state index is -1.21. The number of piperidine rings is 1. The summed E-state index contributed by atoms with van der Waals surface area (Å²) in [6.07, 6.45) is 9.56. The van der Waals surface area contributed by atoms with Gasteiger partial charge in [-0.1, -0.05) is 12.0 Å². The van der Waals surface area contributed by atoms with E-state index in [-0.39, 0.29) is 88.5 Å². The van der Waals surface area contributed by atoms with Gasteiger partial charge >= 0.3 is 6.01 Å². The molecule has 0 spiro atoms. The van der Waals surface area contributed by atoms with Gasteiger partial charge in [-0.3, -0.25) is 14.5 Å². The SMILES string of the molecule is C#Cc1c(F)ccc2cc(O)cc(-c3c(F)c4nc(OCC5(CN6C[C@H](F)C[C@H](F)C6)CC5)nc(N5[C@@H]6CC[C@H]5CN(CCCOC)C6)c4c4cn(C)nc34)c12. The van der Waals surface area contributed by atoms with Crippen LogP contribution in [0.3, 0.4) is 0 Å². The highest BCUT2D eigenvalue weighted by Crippen LogP contribution is 2.49. The number of methoxy groups -OCH3 is 1. The van der Waals surface area contributed by atoms with Gasteiger partial charge in [0.1, 0.15) is 40.8 Å². The number of terminal acetylenes is 1. The summed E-state index contributed by atoms with van der Waals surface area (Å²) in [5.41, 5.74) is 0.0992. The topological polar surface area (TPSA) is 92.0 Å². The highest BCUT2D eigenvalue weighted by molar-refractivity contribution is 6.18. The van der Waals surface area contributed by atoms with E-state index >= 15 is 8.78 Å². The van der Waals surface area contributed by atoms with Crippen LogP contribution >= 0.6 is 0 Å². The van der Waals surface area contributed by atoms with Crippen LogP contribution in [0.4, 0.5) is 23.4 Å². The second-order valence-electron chi connectivity index (χ2n) is 16.3. The molecule has 0 radical (unpaired) electrons. The number of fused-ring (bicyclic) bond motifs is 6. The van der Waals surface area contributed by atoms with Crippen LogP contribution in [0.15, 0.2) is 30.5 Å². The Morgan fingerprint density at radius 3 is 2.43 bits per heavy atom. The third-order valence-electron chi connectivity index (χ3n) is 12.2. The molecule has 4 aliphatic rings. The first-order chi connectivity index (χ1) is 27.0. The molecule has 4 atom stereocenters. The van der Waals surface area contributed by atoms with Crippen LogP contribution in [-0.4, -0.2) is 119 Å². The van der Waals surface area contributed by atoms with E-state index in [0.29, 0.717) is 35.1 Å². The molecular weight excluding hydrogens is 726 g/mol. The molecule has 3 aliphatic heterocycles. The van der Waals surface area contributed by atoms with Crippen molar-refractivity contribution in [1.82, 2.24) is 29.5 Å². The Labute approximate surface area is 322 Å². The van der Waals surface area contributed by atoms with Crippen LogP contribution in [0.1, 0.15) is 44.1 Å². The van der Waals surface area contributed by atoms with Crippen LogP contribution in [0, 0.1) is 29.4 Å². The second kappa shape index (κ2) is 14.3. The van der Waals surface area contributed by atoms with Crippen LogP contribution < -0.4 is 9.64 Å². The molecule has 14 heteroatoms. The number of phenolic OH excluding ortho intramolecular Hbond substituents is 1. The number of alkyl halides is 2. The molecular formula is C42H45F4N7O3. The summed E-state index contributed by atoms with van der Waals surface area (Å²) in [4.78, 5) is 16.4. The minimum Gasteiger partial charge on any atom is -0.508 e. The number of benzene rings is 3. The van der Waals surface area contributed by atoms with Gasteiger partial charge in [0, 0.05) is 106 Å². The number of anilines is 1. The molecule has 0 amide bonds. The summed E-state index contributed by atoms with van der Waals surface area (Å²) in [6.45, 7) is 4.25. The lowest BCUT2D eigenvalue weighted by Gasteiger charge is -2.42. The van der Waals surface area contributed by atoms with Crippen LogP contribution in [0.25, 0.3) is 43.7 Å². The summed E-state index contributed by atoms with van der Waals surface area (Å²) in [5, 5.41) is 17.4. The molecule has 4 fully saturated rings. The van der Waals surface area contributed by atoms with E-state index in [4.69, 9.17) is 31.0 Å². The largest absolute Gasteiger partial charge is 0.508 e. The second-order valence-corrected chi connectivity index (χ2v) is 16.3. The summed E-state index contributed by atoms with van der Waals surface area (Å²) in [5.74, 6) is 1.45. The molecule has 10 nitrogen and oxygen atoms in total. The number of aromatic nitrogens is 4. The van der Waals surface area contributed by atoms with E-state index in [1.807, 2.05) is 4.90 Å². The third kappa shape index (κ3) is 6.57. The van der Waals surface area contributed by atoms with Gasteiger partial charge in [-0.05, 0) is 61.3 Å². The van der Waals surface area contributed by atoms with Gasteiger partial charge in [-0.25, -0.2) is 17.6 Å². The van der Waals surface area contributed by atoms with Crippen molar-refractivity contribution in [2.24, 2.45) is 12.5 Å². The fourth-order valence-corrected chi connectivity index (χ4v) is 9.53. The Balaban J connectivity index is 1.20. The highest BCUT2D eigenvalue weighted by Gasteiger charge is 2.47. The molecule has 2 aromatic heterocycles. The first kappa shape index (κ1) is 36.9. The Morgan fingerprint density at radius 1 is 0.982 bits per heavy atom. The normalized spacial score (nSPS) is 23.7. The predicted molar refractivity (Wildman–Crippen MR) is 207 cm³/mol. The molecule has 9 rings (SSSR count). The number of phenols is 1. The molecule has 294 valence electrons. The number of hydrogen-bond donors (Lipinski definition) is 1. The van der Waals surface area contributed by atoms with Crippen molar-refractivity contribution in [2.45, 2.75) is 63.0 Å². The number of likely N-dealkylation sites (tertiary alicyclic amines) is 2. The third-order valence-corrected chi connectivity index (χ3v) is 12.2. The van der Waals surface area contributed by atoms with Gasteiger partial charge in [-0.15, -0.1) is 6.42 Å². The molecule has 5 aromatic rings. The molecule has 3 aromatic carbocycles. The van der Waals surface area contributed by atoms with Crippen molar-refractivity contribution in [1.29, 1.82) is 0 Å². The monoisotopic (exact) mass is 771 g/mol. The van der Waals surface area contributed by atoms with Crippen LogP contribution in [-0.2, 0) is 11.8 Å². The summed E-state index contributed by atoms with van der Waals surface area (Å²) in [7, 11) is 3.45. The van der Waals surface area contributed by atoms with Crippen molar-refractivity contribution in [3.05, 3.63) is 47.7 Å². The Hall–Kier alpha value is -4.71. The summed E-state index contributed by atoms with van der Waals surface area (Å²) >= 11 is 0. The van der Waals surface area contributed by atoms with Crippen molar-refractivity contribution in [3.8, 4) is 35.2 Å². The summed E-state index contributed by atoms with van der Waals surface area (Å²) < 4.78 is 75.0. The fourth-order valence-electron chi connectivity index (χ4n) is 9.53. The molecule has 1 N–H and O–H groups in total. The van der Waals surface area contributed by atoms with E-state index in [0.717, 1.165) is 51.7 Å². The van der Waals surface area contributed by atoms with E-state index in [1.165, 1.54) is 24.3 Å². The number of aromatic hydroxyl groups is 1. The lowest BCUT2D eigenvalue weighted by atomic mass is 9.91. The number of aryl methyl sites for hydroxylation is 1. The fraction of sp³-hybridized carbons (Fsp3) is 0.500. The Kier molecular flexibility index (Phi) is 9.45. The van der Waals surface area contributed by atoms with Crippen LogP contribution in [0.2, 0.25) is 0 Å². The first-order valence-electron chi connectivity index (χ1n) is 19.5. The van der Waals surface area contributed by atoms with Crippen molar-refractivity contribution in [2.75, 3.05) is 64.5 Å². The smallest absolute Gasteiger partial charge is 0.319 e. The Morgan fingerprint density at radius 2 is 1.73 bits per heavy atom. The van der Waals surface area contributed by atoms with E-state index in [9.17, 15) is 13.9 Å². The van der Waals surface area contributed by atoms with E-state index in [2.05, 4.69) is 15.7 Å². The molecule has 56 heavy (non-hydrogen) atoms. The Bertz CT molecular complexity index is 2350. The lowest BCUT2D eigenvalue weighted by molar-refractivity contribution is 0.0514. The molecule has 2 bridgehead atoms. The number of nitrogens with zero attached hydrogens (tertiary/aromatic N) is 7. The maximum absolute atomic E-state index is 17.8. The minimum absolute atomic E-state index is 0.000928. The van der Waals surface area contributed by atoms with Gasteiger partial charge in [0.15, 0.2) is 5.82 Å². The molecule has 1 aliphatic carbocycles. The number of halogens is 4. The quantitative estimate of drug-likeness (QED) is 0.0915. The number of piperazine rings is 1. The molecule has 0 unspecified atom stereocenters. The maximum atomic E-state index is 17.8. The van der Waals surface area contributed by atoms with Gasteiger partial charge in [0.2, 0.25) is 0 Å². The number of rotatable bonds is 11. The molecule has 3 saturated heterocycles. The highest BCUT2D eigenvalue weighted by atomic mass is 19.1. The van der Waals surface area contributed by atoms with E-state index < -0.39 is 24.0 Å². The first-order valence-corrected chi connectivity index (χ1v) is 19.5. The molecule has 5 heterocycles. The zero-order valence-electron chi connectivity index (χ0n) is 31.6. The van der Waals surface area contributed by atoms with E-state index in [1.54, 1.807) is 25.0 Å². The van der Waals surface area contributed by atoms with Crippen molar-refractivity contribution >= 4 is 38.4 Å². The zero-order valence-corrected chi connectivity index (χ0v) is 31.6. The molecule has 1 saturated carbocycles. The predicted octanol–water partition coefficient (Wildman–Crippen LogP) is 6.53. The number of ether oxygens (including phenoxy) is 2. The van der Waals surface area contributed by atoms with Crippen LogP contribution in [0.5, 0.6) is 11.8 Å². The van der Waals surface area contributed by atoms with Crippen molar-refractivity contribution < 1.29 is 32.1 Å². The standard InChI is InChI=1S/C42H45F4N7O3/c1-4-30-33(45)9-6-24-14-29(54)16-31(34(24)30)35-37(46)39-36(32-21-50(2)49-38(32)35)40(53-27-7-8-28(53)20-51(19-27)12-5-13-55-3)48-41(47-39)56-23-42(10-11-42)22-52-17-25(43)15-26(44)18-52/h1,6,9,14,16,21,25-28,54H,5,7-8,10-13,15,17-20,22-23H2,2-3H3/t25-,26+,27-,28+.